The lowest BCUT2D eigenvalue weighted by molar-refractivity contribution is -0.118. The molecule has 2 aliphatic rings. The number of halogens is 1. The number of rotatable bonds is 4. The van der Waals surface area contributed by atoms with Gasteiger partial charge in [-0.15, -0.1) is 11.3 Å². The van der Waals surface area contributed by atoms with Crippen LogP contribution < -0.4 is 14.9 Å². The maximum absolute atomic E-state index is 14.4. The van der Waals surface area contributed by atoms with Gasteiger partial charge in [-0.05, 0) is 44.0 Å². The van der Waals surface area contributed by atoms with Crippen molar-refractivity contribution in [2.45, 2.75) is 45.1 Å². The Labute approximate surface area is 195 Å². The van der Waals surface area contributed by atoms with Crippen LogP contribution in [0.15, 0.2) is 57.9 Å². The van der Waals surface area contributed by atoms with E-state index in [-0.39, 0.29) is 24.4 Å². The molecule has 1 fully saturated rings. The third-order valence-electron chi connectivity index (χ3n) is 5.97. The molecule has 0 saturated heterocycles. The first-order chi connectivity index (χ1) is 16.1. The van der Waals surface area contributed by atoms with Gasteiger partial charge >= 0.3 is 0 Å². The van der Waals surface area contributed by atoms with Crippen molar-refractivity contribution in [3.8, 4) is 17.0 Å². The average Bonchev–Trinajstić information content (AvgIpc) is 3.21. The van der Waals surface area contributed by atoms with Gasteiger partial charge in [0.2, 0.25) is 4.80 Å². The van der Waals surface area contributed by atoms with Crippen LogP contribution in [0, 0.1) is 5.82 Å². The van der Waals surface area contributed by atoms with E-state index in [4.69, 9.17) is 14.8 Å². The number of hydrogen-bond acceptors (Lipinski definition) is 5. The van der Waals surface area contributed by atoms with Crippen LogP contribution in [0.3, 0.4) is 0 Å². The fourth-order valence-corrected chi connectivity index (χ4v) is 5.15. The first kappa shape index (κ1) is 21.6. The Kier molecular flexibility index (Phi) is 6.09. The lowest BCUT2D eigenvalue weighted by Crippen LogP contribution is -2.25. The number of carbonyl (C=O) groups excluding carboxylic acids is 1. The Bertz CT molecular complexity index is 1290. The number of carbonyl (C=O) groups is 1. The molecule has 0 bridgehead atoms. The summed E-state index contributed by atoms with van der Waals surface area (Å²) in [5.41, 5.74) is 3.34. The first-order valence-electron chi connectivity index (χ1n) is 11.2. The standard InChI is InChI=1S/C25H25FN4O2S/c1-16(19-9-5-6-10-20(19)26)29-30-22(15-33-25(30)27-18-7-3-2-4-8-18)17-11-12-23-21(13-17)28-24(31)14-32-23/h5-6,9-13,15,18H,2-4,7-8,14H2,1H3,(H,28,31)/b27-25?,29-16-. The number of aromatic nitrogens is 1. The molecule has 0 unspecified atom stereocenters. The van der Waals surface area contributed by atoms with Gasteiger partial charge in [-0.25, -0.2) is 9.07 Å². The molecule has 0 radical (unpaired) electrons. The molecule has 33 heavy (non-hydrogen) atoms. The molecule has 5 rings (SSSR count). The van der Waals surface area contributed by atoms with E-state index >= 15 is 0 Å². The summed E-state index contributed by atoms with van der Waals surface area (Å²) in [6.07, 6.45) is 5.79. The van der Waals surface area contributed by atoms with Crippen molar-refractivity contribution >= 4 is 28.6 Å². The molecular weight excluding hydrogens is 439 g/mol. The monoisotopic (exact) mass is 464 g/mol. The van der Waals surface area contributed by atoms with Gasteiger partial charge in [0, 0.05) is 16.5 Å². The predicted octanol–water partition coefficient (Wildman–Crippen LogP) is 5.19. The molecule has 1 saturated carbocycles. The number of fused-ring (bicyclic) bond motifs is 1. The number of benzene rings is 2. The van der Waals surface area contributed by atoms with Gasteiger partial charge in [-0.2, -0.15) is 5.10 Å². The number of thiazole rings is 1. The quantitative estimate of drug-likeness (QED) is 0.540. The van der Waals surface area contributed by atoms with Crippen LogP contribution in [-0.4, -0.2) is 28.9 Å². The Morgan fingerprint density at radius 2 is 2.00 bits per heavy atom. The molecule has 2 heterocycles. The lowest BCUT2D eigenvalue weighted by Gasteiger charge is -2.19. The van der Waals surface area contributed by atoms with Crippen LogP contribution in [0.1, 0.15) is 44.6 Å². The molecule has 0 spiro atoms. The summed E-state index contributed by atoms with van der Waals surface area (Å²) in [4.78, 5) is 17.6. The molecule has 1 aromatic heterocycles. The van der Waals surface area contributed by atoms with Gasteiger partial charge < -0.3 is 10.1 Å². The molecule has 6 nitrogen and oxygen atoms in total. The fourth-order valence-electron chi connectivity index (χ4n) is 4.25. The Hall–Kier alpha value is -3.26. The van der Waals surface area contributed by atoms with E-state index in [1.807, 2.05) is 23.6 Å². The summed E-state index contributed by atoms with van der Waals surface area (Å²) in [6.45, 7) is 1.82. The van der Waals surface area contributed by atoms with Gasteiger partial charge in [0.1, 0.15) is 11.6 Å². The number of amides is 1. The highest BCUT2D eigenvalue weighted by atomic mass is 32.1. The summed E-state index contributed by atoms with van der Waals surface area (Å²) in [5.74, 6) is 0.146. The van der Waals surface area contributed by atoms with Gasteiger partial charge in [0.25, 0.3) is 5.91 Å². The molecule has 1 aliphatic carbocycles. The van der Waals surface area contributed by atoms with Crippen LogP contribution in [0.5, 0.6) is 5.75 Å². The van der Waals surface area contributed by atoms with Crippen LogP contribution in [-0.2, 0) is 4.79 Å². The van der Waals surface area contributed by atoms with Crippen molar-refractivity contribution in [1.82, 2.24) is 4.68 Å². The summed E-state index contributed by atoms with van der Waals surface area (Å²) < 4.78 is 21.7. The zero-order chi connectivity index (χ0) is 22.8. The molecule has 1 amide bonds. The zero-order valence-electron chi connectivity index (χ0n) is 18.4. The van der Waals surface area contributed by atoms with Crippen LogP contribution >= 0.6 is 11.3 Å². The second-order valence-electron chi connectivity index (χ2n) is 8.35. The Morgan fingerprint density at radius 1 is 1.18 bits per heavy atom. The maximum Gasteiger partial charge on any atom is 0.262 e. The van der Waals surface area contributed by atoms with E-state index in [1.165, 1.54) is 36.7 Å². The van der Waals surface area contributed by atoms with Crippen molar-refractivity contribution in [3.05, 3.63) is 64.0 Å². The van der Waals surface area contributed by atoms with Crippen molar-refractivity contribution in [3.63, 3.8) is 0 Å². The van der Waals surface area contributed by atoms with E-state index < -0.39 is 0 Å². The number of ether oxygens (including phenoxy) is 1. The van der Waals surface area contributed by atoms with Crippen LogP contribution in [0.4, 0.5) is 10.1 Å². The fraction of sp³-hybridized carbons (Fsp3) is 0.320. The normalized spacial score (nSPS) is 17.5. The van der Waals surface area contributed by atoms with Crippen molar-refractivity contribution in [2.75, 3.05) is 11.9 Å². The minimum Gasteiger partial charge on any atom is -0.482 e. The molecule has 170 valence electrons. The predicted molar refractivity (Wildman–Crippen MR) is 128 cm³/mol. The maximum atomic E-state index is 14.4. The van der Waals surface area contributed by atoms with E-state index in [1.54, 1.807) is 29.8 Å². The zero-order valence-corrected chi connectivity index (χ0v) is 19.2. The van der Waals surface area contributed by atoms with Gasteiger partial charge in [-0.1, -0.05) is 37.5 Å². The molecular formula is C25H25FN4O2S. The average molecular weight is 465 g/mol. The minimum absolute atomic E-state index is 0.0152. The highest BCUT2D eigenvalue weighted by Gasteiger charge is 2.19. The molecule has 3 aromatic rings. The summed E-state index contributed by atoms with van der Waals surface area (Å²) in [5, 5.41) is 9.67. The van der Waals surface area contributed by atoms with E-state index in [0.717, 1.165) is 28.9 Å². The smallest absolute Gasteiger partial charge is 0.262 e. The summed E-state index contributed by atoms with van der Waals surface area (Å²) in [7, 11) is 0. The topological polar surface area (TPSA) is 68.0 Å². The second-order valence-corrected chi connectivity index (χ2v) is 9.19. The third kappa shape index (κ3) is 4.61. The first-order valence-corrected chi connectivity index (χ1v) is 12.1. The second kappa shape index (κ2) is 9.31. The lowest BCUT2D eigenvalue weighted by atomic mass is 9.96. The van der Waals surface area contributed by atoms with Crippen molar-refractivity contribution < 1.29 is 13.9 Å². The molecule has 8 heteroatoms. The van der Waals surface area contributed by atoms with Gasteiger partial charge in [0.05, 0.1) is 23.1 Å². The van der Waals surface area contributed by atoms with Crippen molar-refractivity contribution in [2.24, 2.45) is 10.1 Å². The van der Waals surface area contributed by atoms with Gasteiger partial charge in [-0.3, -0.25) is 9.79 Å². The van der Waals surface area contributed by atoms with Crippen LogP contribution in [0.25, 0.3) is 11.3 Å². The van der Waals surface area contributed by atoms with E-state index in [0.29, 0.717) is 22.7 Å². The number of nitrogens with zero attached hydrogens (tertiary/aromatic N) is 3. The Balaban J connectivity index is 1.62. The third-order valence-corrected chi connectivity index (χ3v) is 6.81. The summed E-state index contributed by atoms with van der Waals surface area (Å²) >= 11 is 1.52. The SMILES string of the molecule is C/C(=N/n1c(-c2ccc3c(c2)NC(=O)CO3)csc1=NC1CCCCC1)c1ccccc1F. The molecule has 2 aromatic carbocycles. The van der Waals surface area contributed by atoms with Gasteiger partial charge in [0.15, 0.2) is 6.61 Å². The molecule has 1 aliphatic heterocycles. The molecule has 0 atom stereocenters. The largest absolute Gasteiger partial charge is 0.482 e. The summed E-state index contributed by atoms with van der Waals surface area (Å²) in [6, 6.07) is 12.6. The van der Waals surface area contributed by atoms with E-state index in [9.17, 15) is 9.18 Å². The number of anilines is 1. The molecule has 1 N–H and O–H groups in total. The highest BCUT2D eigenvalue weighted by molar-refractivity contribution is 7.07. The number of hydrogen-bond donors (Lipinski definition) is 1. The minimum atomic E-state index is -0.310. The Morgan fingerprint density at radius 3 is 2.82 bits per heavy atom. The van der Waals surface area contributed by atoms with Crippen molar-refractivity contribution in [1.29, 1.82) is 0 Å². The van der Waals surface area contributed by atoms with Crippen LogP contribution in [0.2, 0.25) is 0 Å². The number of nitrogens with one attached hydrogen (secondary N) is 1. The highest BCUT2D eigenvalue weighted by Crippen LogP contribution is 2.33. The van der Waals surface area contributed by atoms with E-state index in [2.05, 4.69) is 5.32 Å².